The molecular formula is C20H40. The first-order chi connectivity index (χ1) is 9.60. The molecule has 0 heteroatoms. The van der Waals surface area contributed by atoms with Crippen LogP contribution in [0.1, 0.15) is 117 Å². The maximum atomic E-state index is 2.49. The Balaban J connectivity index is 2.26. The summed E-state index contributed by atoms with van der Waals surface area (Å²) in [5.41, 5.74) is 0.600. The Hall–Kier alpha value is 0. The van der Waals surface area contributed by atoms with Crippen LogP contribution in [0.3, 0.4) is 0 Å². The van der Waals surface area contributed by atoms with E-state index in [1.165, 1.54) is 96.3 Å². The maximum Gasteiger partial charge on any atom is -0.0354 e. The molecule has 0 bridgehead atoms. The van der Waals surface area contributed by atoms with E-state index in [1.54, 1.807) is 0 Å². The molecule has 20 heavy (non-hydrogen) atoms. The summed E-state index contributed by atoms with van der Waals surface area (Å²) in [4.78, 5) is 0. The molecule has 1 fully saturated rings. The van der Waals surface area contributed by atoms with Gasteiger partial charge in [0.15, 0.2) is 0 Å². The number of rotatable bonds is 0. The first-order valence-corrected chi connectivity index (χ1v) is 9.60. The Morgan fingerprint density at radius 3 is 1.35 bits per heavy atom. The Kier molecular flexibility index (Phi) is 9.65. The molecule has 1 atom stereocenters. The zero-order valence-electron chi connectivity index (χ0n) is 14.7. The summed E-state index contributed by atoms with van der Waals surface area (Å²) in [6, 6.07) is 0. The van der Waals surface area contributed by atoms with Crippen LogP contribution >= 0.6 is 0 Å². The topological polar surface area (TPSA) is 0 Å². The van der Waals surface area contributed by atoms with E-state index in [9.17, 15) is 0 Å². The molecule has 1 unspecified atom stereocenters. The summed E-state index contributed by atoms with van der Waals surface area (Å²) >= 11 is 0. The standard InChI is InChI=1S/C20H40/c1-19-15-11-7-4-5-9-13-17-20(2,3)18-14-10-6-8-12-16-19/h19H,4-18H2,1-3H3. The van der Waals surface area contributed by atoms with Crippen molar-refractivity contribution in [1.29, 1.82) is 0 Å². The minimum absolute atomic E-state index is 0.600. The van der Waals surface area contributed by atoms with Crippen molar-refractivity contribution in [3.63, 3.8) is 0 Å². The van der Waals surface area contributed by atoms with Gasteiger partial charge in [-0.2, -0.15) is 0 Å². The van der Waals surface area contributed by atoms with Gasteiger partial charge >= 0.3 is 0 Å². The van der Waals surface area contributed by atoms with Crippen LogP contribution < -0.4 is 0 Å². The van der Waals surface area contributed by atoms with Crippen LogP contribution in [0.5, 0.6) is 0 Å². The summed E-state index contributed by atoms with van der Waals surface area (Å²) in [5.74, 6) is 0.976. The maximum absolute atomic E-state index is 2.49. The third-order valence-electron chi connectivity index (χ3n) is 5.35. The average Bonchev–Trinajstić information content (AvgIpc) is 2.40. The van der Waals surface area contributed by atoms with Crippen molar-refractivity contribution in [2.75, 3.05) is 0 Å². The highest BCUT2D eigenvalue weighted by molar-refractivity contribution is 4.69. The molecule has 0 radical (unpaired) electrons. The van der Waals surface area contributed by atoms with Crippen LogP contribution in [0.15, 0.2) is 0 Å². The SMILES string of the molecule is CC1CCCCCCCCC(C)(C)CCCCCCC1. The van der Waals surface area contributed by atoms with Gasteiger partial charge in [0.1, 0.15) is 0 Å². The van der Waals surface area contributed by atoms with Crippen LogP contribution in [0.25, 0.3) is 0 Å². The average molecular weight is 281 g/mol. The van der Waals surface area contributed by atoms with Crippen LogP contribution in [-0.2, 0) is 0 Å². The predicted molar refractivity (Wildman–Crippen MR) is 92.2 cm³/mol. The molecule has 0 aliphatic heterocycles. The molecular weight excluding hydrogens is 240 g/mol. The van der Waals surface area contributed by atoms with E-state index in [0.717, 1.165) is 5.92 Å². The summed E-state index contributed by atoms with van der Waals surface area (Å²) in [5, 5.41) is 0. The molecule has 1 aliphatic carbocycles. The molecule has 0 amide bonds. The van der Waals surface area contributed by atoms with Gasteiger partial charge in [0.05, 0.1) is 0 Å². The van der Waals surface area contributed by atoms with E-state index in [4.69, 9.17) is 0 Å². The smallest absolute Gasteiger partial charge is 0.0354 e. The molecule has 1 rings (SSSR count). The minimum Gasteiger partial charge on any atom is -0.0625 e. The lowest BCUT2D eigenvalue weighted by Gasteiger charge is -2.24. The second-order valence-electron chi connectivity index (χ2n) is 8.24. The van der Waals surface area contributed by atoms with Crippen LogP contribution in [0, 0.1) is 11.3 Å². The third-order valence-corrected chi connectivity index (χ3v) is 5.35. The molecule has 0 N–H and O–H groups in total. The molecule has 120 valence electrons. The van der Waals surface area contributed by atoms with Crippen molar-refractivity contribution in [3.05, 3.63) is 0 Å². The molecule has 0 nitrogen and oxygen atoms in total. The zero-order chi connectivity index (χ0) is 14.7. The van der Waals surface area contributed by atoms with E-state index in [0.29, 0.717) is 5.41 Å². The first kappa shape index (κ1) is 18.1. The van der Waals surface area contributed by atoms with Crippen molar-refractivity contribution >= 4 is 0 Å². The summed E-state index contributed by atoms with van der Waals surface area (Å²) in [6.45, 7) is 7.45. The molecule has 0 aromatic heterocycles. The lowest BCUT2D eigenvalue weighted by Crippen LogP contribution is -2.11. The van der Waals surface area contributed by atoms with Crippen molar-refractivity contribution in [2.24, 2.45) is 11.3 Å². The molecule has 1 saturated carbocycles. The number of hydrogen-bond donors (Lipinski definition) is 0. The van der Waals surface area contributed by atoms with Gasteiger partial charge in [0.2, 0.25) is 0 Å². The highest BCUT2D eigenvalue weighted by atomic mass is 14.2. The summed E-state index contributed by atoms with van der Waals surface area (Å²) < 4.78 is 0. The lowest BCUT2D eigenvalue weighted by atomic mass is 9.82. The molecule has 0 heterocycles. The monoisotopic (exact) mass is 280 g/mol. The number of hydrogen-bond acceptors (Lipinski definition) is 0. The van der Waals surface area contributed by atoms with Crippen LogP contribution in [0.4, 0.5) is 0 Å². The Labute approximate surface area is 129 Å². The lowest BCUT2D eigenvalue weighted by molar-refractivity contribution is 0.282. The van der Waals surface area contributed by atoms with Gasteiger partial charge in [-0.1, -0.05) is 104 Å². The van der Waals surface area contributed by atoms with Crippen molar-refractivity contribution in [1.82, 2.24) is 0 Å². The second-order valence-corrected chi connectivity index (χ2v) is 8.24. The van der Waals surface area contributed by atoms with E-state index >= 15 is 0 Å². The van der Waals surface area contributed by atoms with Crippen molar-refractivity contribution in [3.8, 4) is 0 Å². The van der Waals surface area contributed by atoms with E-state index in [2.05, 4.69) is 20.8 Å². The van der Waals surface area contributed by atoms with Crippen LogP contribution in [0.2, 0.25) is 0 Å². The van der Waals surface area contributed by atoms with E-state index < -0.39 is 0 Å². The second kappa shape index (κ2) is 10.7. The van der Waals surface area contributed by atoms with E-state index in [-0.39, 0.29) is 0 Å². The Morgan fingerprint density at radius 1 is 0.550 bits per heavy atom. The highest BCUT2D eigenvalue weighted by Gasteiger charge is 2.16. The normalized spacial score (nSPS) is 28.6. The van der Waals surface area contributed by atoms with E-state index in [1.807, 2.05) is 0 Å². The van der Waals surface area contributed by atoms with Crippen molar-refractivity contribution in [2.45, 2.75) is 117 Å². The fourth-order valence-electron chi connectivity index (χ4n) is 3.70. The quantitative estimate of drug-likeness (QED) is 0.430. The van der Waals surface area contributed by atoms with Gasteiger partial charge < -0.3 is 0 Å². The summed E-state index contributed by atoms with van der Waals surface area (Å²) in [6.07, 6.45) is 22.1. The highest BCUT2D eigenvalue weighted by Crippen LogP contribution is 2.31. The first-order valence-electron chi connectivity index (χ1n) is 9.60. The summed E-state index contributed by atoms with van der Waals surface area (Å²) in [7, 11) is 0. The van der Waals surface area contributed by atoms with Crippen molar-refractivity contribution < 1.29 is 0 Å². The fraction of sp³-hybridized carbons (Fsp3) is 1.00. The molecule has 1 aliphatic rings. The Morgan fingerprint density at radius 2 is 0.900 bits per heavy atom. The Bertz CT molecular complexity index is 216. The zero-order valence-corrected chi connectivity index (χ0v) is 14.7. The third kappa shape index (κ3) is 9.83. The molecule has 0 aromatic carbocycles. The minimum atomic E-state index is 0.600. The predicted octanol–water partition coefficient (Wildman–Crippen LogP) is 7.51. The largest absolute Gasteiger partial charge is 0.0625 e. The van der Waals surface area contributed by atoms with Gasteiger partial charge in [-0.3, -0.25) is 0 Å². The van der Waals surface area contributed by atoms with Crippen LogP contribution in [-0.4, -0.2) is 0 Å². The van der Waals surface area contributed by atoms with Gasteiger partial charge in [-0.25, -0.2) is 0 Å². The van der Waals surface area contributed by atoms with Gasteiger partial charge in [-0.15, -0.1) is 0 Å². The van der Waals surface area contributed by atoms with Gasteiger partial charge in [-0.05, 0) is 24.2 Å². The molecule has 0 spiro atoms. The molecule has 0 aromatic rings. The molecule has 0 saturated heterocycles. The fourth-order valence-corrected chi connectivity index (χ4v) is 3.70. The van der Waals surface area contributed by atoms with Gasteiger partial charge in [0, 0.05) is 0 Å². The van der Waals surface area contributed by atoms with Gasteiger partial charge in [0.25, 0.3) is 0 Å².